The fraction of sp³-hybridized carbons (Fsp3) is 0.241. The molecule has 8 heteroatoms. The minimum absolute atomic E-state index is 0.132. The molecule has 1 amide bonds. The van der Waals surface area contributed by atoms with Crippen LogP contribution in [0.15, 0.2) is 61.1 Å². The van der Waals surface area contributed by atoms with Crippen LogP contribution >= 0.6 is 0 Å². The Morgan fingerprint density at radius 1 is 1.19 bits per heavy atom. The zero-order chi connectivity index (χ0) is 25.6. The van der Waals surface area contributed by atoms with Gasteiger partial charge in [-0.15, -0.1) is 0 Å². The van der Waals surface area contributed by atoms with Crippen molar-refractivity contribution in [1.29, 1.82) is 5.26 Å². The molecule has 0 radical (unpaired) electrons. The van der Waals surface area contributed by atoms with Crippen LogP contribution in [0.25, 0.3) is 16.6 Å². The summed E-state index contributed by atoms with van der Waals surface area (Å²) in [7, 11) is 0. The molecule has 0 bridgehead atoms. The maximum Gasteiger partial charge on any atom is 0.251 e. The van der Waals surface area contributed by atoms with Gasteiger partial charge in [-0.1, -0.05) is 17.9 Å². The number of hydrogen-bond donors (Lipinski definition) is 2. The molecule has 3 aromatic heterocycles. The van der Waals surface area contributed by atoms with E-state index < -0.39 is 0 Å². The fourth-order valence-electron chi connectivity index (χ4n) is 3.92. The summed E-state index contributed by atoms with van der Waals surface area (Å²) in [5, 5.41) is 19.9. The second kappa shape index (κ2) is 10.8. The number of nitrogens with zero attached hydrogens (tertiary/aromatic N) is 4. The molecule has 5 rings (SSSR count). The van der Waals surface area contributed by atoms with E-state index in [1.54, 1.807) is 29.2 Å². The largest absolute Gasteiger partial charge is 0.492 e. The first-order valence-electron chi connectivity index (χ1n) is 12.3. The third-order valence-corrected chi connectivity index (χ3v) is 5.93. The minimum atomic E-state index is -0.132. The molecule has 1 fully saturated rings. The smallest absolute Gasteiger partial charge is 0.251 e. The third-order valence-electron chi connectivity index (χ3n) is 5.93. The molecule has 0 aliphatic heterocycles. The van der Waals surface area contributed by atoms with Crippen molar-refractivity contribution in [2.75, 3.05) is 25.0 Å². The second-order valence-electron chi connectivity index (χ2n) is 8.72. The summed E-state index contributed by atoms with van der Waals surface area (Å²) in [6.45, 7) is 3.40. The van der Waals surface area contributed by atoms with Crippen LogP contribution in [-0.2, 0) is 0 Å². The van der Waals surface area contributed by atoms with E-state index in [0.29, 0.717) is 53.8 Å². The van der Waals surface area contributed by atoms with Crippen LogP contribution in [0.1, 0.15) is 41.3 Å². The van der Waals surface area contributed by atoms with Crippen molar-refractivity contribution in [3.05, 3.63) is 77.7 Å². The summed E-state index contributed by atoms with van der Waals surface area (Å²) in [5.74, 6) is 8.11. The number of carbonyl (C=O) groups excluding carboxylic acids is 1. The molecule has 1 aliphatic rings. The van der Waals surface area contributed by atoms with Crippen molar-refractivity contribution < 1.29 is 9.53 Å². The predicted octanol–water partition coefficient (Wildman–Crippen LogP) is 4.27. The number of fused-ring (bicyclic) bond motifs is 1. The van der Waals surface area contributed by atoms with Gasteiger partial charge in [0, 0.05) is 47.5 Å². The number of aromatic nitrogens is 3. The van der Waals surface area contributed by atoms with Crippen molar-refractivity contribution in [3.63, 3.8) is 0 Å². The number of amides is 1. The minimum Gasteiger partial charge on any atom is -0.492 e. The average molecular weight is 491 g/mol. The first-order chi connectivity index (χ1) is 18.1. The third kappa shape index (κ3) is 5.71. The highest BCUT2D eigenvalue weighted by Crippen LogP contribution is 2.31. The van der Waals surface area contributed by atoms with Crippen LogP contribution in [0.5, 0.6) is 5.75 Å². The predicted molar refractivity (Wildman–Crippen MR) is 141 cm³/mol. The van der Waals surface area contributed by atoms with Crippen LogP contribution in [0.3, 0.4) is 0 Å². The maximum absolute atomic E-state index is 12.5. The molecule has 1 aliphatic carbocycles. The molecule has 0 unspecified atom stereocenters. The first-order valence-corrected chi connectivity index (χ1v) is 12.3. The van der Waals surface area contributed by atoms with Gasteiger partial charge in [-0.3, -0.25) is 4.79 Å². The van der Waals surface area contributed by atoms with Gasteiger partial charge >= 0.3 is 0 Å². The van der Waals surface area contributed by atoms with Gasteiger partial charge in [-0.25, -0.2) is 9.50 Å². The number of pyridine rings is 2. The highest BCUT2D eigenvalue weighted by Gasteiger charge is 2.18. The van der Waals surface area contributed by atoms with E-state index in [4.69, 9.17) is 4.74 Å². The summed E-state index contributed by atoms with van der Waals surface area (Å²) in [4.78, 5) is 17.0. The van der Waals surface area contributed by atoms with Gasteiger partial charge in [-0.05, 0) is 56.2 Å². The molecule has 0 atom stereocenters. The Morgan fingerprint density at radius 3 is 2.84 bits per heavy atom. The summed E-state index contributed by atoms with van der Waals surface area (Å²) in [6, 6.07) is 15.3. The molecular formula is C29H26N6O2. The van der Waals surface area contributed by atoms with Gasteiger partial charge in [0.05, 0.1) is 30.1 Å². The number of benzene rings is 1. The van der Waals surface area contributed by atoms with E-state index in [1.165, 1.54) is 12.8 Å². The van der Waals surface area contributed by atoms with E-state index in [2.05, 4.69) is 38.6 Å². The molecule has 37 heavy (non-hydrogen) atoms. The zero-order valence-corrected chi connectivity index (χ0v) is 20.5. The molecule has 0 spiro atoms. The number of nitrogens with one attached hydrogen (secondary N) is 2. The maximum atomic E-state index is 12.5. The molecule has 0 saturated heterocycles. The van der Waals surface area contributed by atoms with Gasteiger partial charge in [0.2, 0.25) is 0 Å². The molecule has 8 nitrogen and oxygen atoms in total. The van der Waals surface area contributed by atoms with Gasteiger partial charge in [0.25, 0.3) is 5.91 Å². The van der Waals surface area contributed by atoms with Crippen LogP contribution < -0.4 is 15.4 Å². The van der Waals surface area contributed by atoms with Crippen LogP contribution in [-0.4, -0.2) is 40.2 Å². The molecule has 4 aromatic rings. The Balaban J connectivity index is 1.20. The van der Waals surface area contributed by atoms with Gasteiger partial charge in [-0.2, -0.15) is 10.4 Å². The number of anilines is 1. The molecule has 3 heterocycles. The van der Waals surface area contributed by atoms with Crippen molar-refractivity contribution in [1.82, 2.24) is 19.9 Å². The Kier molecular flexibility index (Phi) is 7.00. The summed E-state index contributed by atoms with van der Waals surface area (Å²) in [6.07, 6.45) is 7.40. The highest BCUT2D eigenvalue weighted by atomic mass is 16.5. The number of rotatable bonds is 8. The zero-order valence-electron chi connectivity index (χ0n) is 20.5. The first kappa shape index (κ1) is 23.9. The fourth-order valence-corrected chi connectivity index (χ4v) is 3.92. The van der Waals surface area contributed by atoms with Gasteiger partial charge < -0.3 is 15.4 Å². The molecule has 1 saturated carbocycles. The Morgan fingerprint density at radius 2 is 2.08 bits per heavy atom. The van der Waals surface area contributed by atoms with E-state index in [1.807, 2.05) is 43.3 Å². The molecule has 1 aromatic carbocycles. The van der Waals surface area contributed by atoms with E-state index >= 15 is 0 Å². The molecule has 2 N–H and O–H groups in total. The summed E-state index contributed by atoms with van der Waals surface area (Å²) in [5.41, 5.74) is 4.31. The van der Waals surface area contributed by atoms with E-state index in [-0.39, 0.29) is 5.91 Å². The Bertz CT molecular complexity index is 1530. The summed E-state index contributed by atoms with van der Waals surface area (Å²) < 4.78 is 7.33. The Hall–Kier alpha value is -4.82. The molecule has 184 valence electrons. The molecular weight excluding hydrogens is 464 g/mol. The number of nitriles is 1. The lowest BCUT2D eigenvalue weighted by Gasteiger charge is -2.11. The van der Waals surface area contributed by atoms with Crippen molar-refractivity contribution in [3.8, 4) is 34.8 Å². The van der Waals surface area contributed by atoms with Gasteiger partial charge in [0.15, 0.2) is 0 Å². The highest BCUT2D eigenvalue weighted by molar-refractivity contribution is 5.94. The van der Waals surface area contributed by atoms with Gasteiger partial charge in [0.1, 0.15) is 17.6 Å². The Labute approximate surface area is 215 Å². The summed E-state index contributed by atoms with van der Waals surface area (Å²) >= 11 is 0. The second-order valence-corrected chi connectivity index (χ2v) is 8.72. The SMILES string of the molecule is CCOc1cc(-c2ccc(NCCNC(=O)c3cccc(C#CC4CC4)c3)nc2)c2c(C#N)cnn2c1. The van der Waals surface area contributed by atoms with E-state index in [9.17, 15) is 10.1 Å². The monoisotopic (exact) mass is 490 g/mol. The lowest BCUT2D eigenvalue weighted by molar-refractivity contribution is 0.0955. The lowest BCUT2D eigenvalue weighted by Crippen LogP contribution is -2.28. The van der Waals surface area contributed by atoms with Crippen molar-refractivity contribution >= 4 is 17.2 Å². The van der Waals surface area contributed by atoms with Crippen LogP contribution in [0.4, 0.5) is 5.82 Å². The van der Waals surface area contributed by atoms with E-state index in [0.717, 1.165) is 16.7 Å². The van der Waals surface area contributed by atoms with Crippen LogP contribution in [0, 0.1) is 29.1 Å². The van der Waals surface area contributed by atoms with Crippen molar-refractivity contribution in [2.45, 2.75) is 19.8 Å². The average Bonchev–Trinajstić information content (AvgIpc) is 3.67. The normalized spacial score (nSPS) is 12.3. The lowest BCUT2D eigenvalue weighted by atomic mass is 10.1. The van der Waals surface area contributed by atoms with Crippen molar-refractivity contribution in [2.24, 2.45) is 5.92 Å². The topological polar surface area (TPSA) is 104 Å². The van der Waals surface area contributed by atoms with Crippen LogP contribution in [0.2, 0.25) is 0 Å². The number of ether oxygens (including phenoxy) is 1. The number of hydrogen-bond acceptors (Lipinski definition) is 6. The quantitative estimate of drug-likeness (QED) is 0.282. The standard InChI is InChI=1S/C29H26N6O2/c1-2-37-25-15-26(28-24(16-30)18-34-35(28)19-25)23-10-11-27(33-17-23)31-12-13-32-29(36)22-5-3-4-21(14-22)9-8-20-6-7-20/h3-5,10-11,14-15,17-20H,2,6-7,12-13H2,1H3,(H,31,33)(H,32,36). The number of carbonyl (C=O) groups is 1.